The number of hydrogen-bond donors (Lipinski definition) is 3. The van der Waals surface area contributed by atoms with Gasteiger partial charge in [-0.1, -0.05) is 103 Å². The molecule has 0 saturated carbocycles. The monoisotopic (exact) mass is 688 g/mol. The third-order valence-corrected chi connectivity index (χ3v) is 8.62. The van der Waals surface area contributed by atoms with Crippen LogP contribution >= 0.6 is 0 Å². The fourth-order valence-electron chi connectivity index (χ4n) is 6.19. The zero-order valence-electron chi connectivity index (χ0n) is 27.7. The summed E-state index contributed by atoms with van der Waals surface area (Å²) < 4.78 is 44.2. The second kappa shape index (κ2) is 15.2. The minimum absolute atomic E-state index is 0.150. The molecule has 1 aromatic heterocycles. The zero-order valence-corrected chi connectivity index (χ0v) is 27.7. The highest BCUT2D eigenvalue weighted by molar-refractivity contribution is 6.11. The minimum Gasteiger partial charge on any atom is -0.354 e. The smallest absolute Gasteiger partial charge is 0.354 e. The maximum absolute atomic E-state index is 14.1. The summed E-state index contributed by atoms with van der Waals surface area (Å²) >= 11 is 0. The first-order chi connectivity index (χ1) is 24.6. The summed E-state index contributed by atoms with van der Waals surface area (Å²) in [6, 6.07) is 36.3. The van der Waals surface area contributed by atoms with Crippen molar-refractivity contribution in [1.29, 1.82) is 0 Å². The quantitative estimate of drug-likeness (QED) is 0.128. The van der Waals surface area contributed by atoms with Crippen LogP contribution in [0.25, 0.3) is 22.0 Å². The van der Waals surface area contributed by atoms with E-state index >= 15 is 0 Å². The molecule has 1 heterocycles. The Morgan fingerprint density at radius 1 is 0.745 bits per heavy atom. The van der Waals surface area contributed by atoms with Gasteiger partial charge in [0.05, 0.1) is 11.1 Å². The average molecular weight is 689 g/mol. The molecule has 10 heteroatoms. The Labute approximate surface area is 293 Å². The first-order valence-corrected chi connectivity index (χ1v) is 16.5. The molecule has 0 fully saturated rings. The van der Waals surface area contributed by atoms with Crippen LogP contribution in [0.3, 0.4) is 0 Å². The number of rotatable bonds is 11. The van der Waals surface area contributed by atoms with Crippen LogP contribution < -0.4 is 16.0 Å². The van der Waals surface area contributed by atoms with Crippen molar-refractivity contribution in [2.45, 2.75) is 32.1 Å². The number of nitrogens with zero attached hydrogens (tertiary/aromatic N) is 1. The van der Waals surface area contributed by atoms with Crippen LogP contribution in [-0.4, -0.2) is 28.8 Å². The molecule has 0 unspecified atom stereocenters. The largest absolute Gasteiger partial charge is 0.417 e. The molecule has 6 rings (SSSR count). The van der Waals surface area contributed by atoms with Gasteiger partial charge < -0.3 is 20.5 Å². The molecule has 51 heavy (non-hydrogen) atoms. The van der Waals surface area contributed by atoms with E-state index in [1.807, 2.05) is 43.3 Å². The van der Waals surface area contributed by atoms with Crippen LogP contribution in [0.5, 0.6) is 0 Å². The van der Waals surface area contributed by atoms with Gasteiger partial charge in [-0.25, -0.2) is 0 Å². The van der Waals surface area contributed by atoms with Crippen LogP contribution in [0, 0.1) is 0 Å². The third-order valence-electron chi connectivity index (χ3n) is 8.62. The van der Waals surface area contributed by atoms with Gasteiger partial charge >= 0.3 is 6.18 Å². The lowest BCUT2D eigenvalue weighted by atomic mass is 9.94. The molecular weight excluding hydrogens is 653 g/mol. The maximum Gasteiger partial charge on any atom is 0.417 e. The SMILES string of the molecule is CCn1c(C(=O)N[C@H](C(=O)NCCc2ccccc2)c2ccccc2)cc2cc(NC(=O)c3c(-c4ccccc4)cccc3C(F)(F)F)ccc21. The van der Waals surface area contributed by atoms with Crippen LogP contribution in [0.1, 0.15) is 50.5 Å². The standard InChI is InChI=1S/C41H35F3N4O3/c1-2-48-34-22-21-31(46-39(50)36-32(28-15-8-4-9-16-28)19-12-20-33(36)41(42,43)44)25-30(34)26-35(48)38(49)47-37(29-17-10-5-11-18-29)40(51)45-24-23-27-13-6-3-7-14-27/h3-22,25-26,37H,2,23-24H2,1H3,(H,45,51)(H,46,50)(H,47,49)/t37-/m0/s1. The number of hydrogen-bond acceptors (Lipinski definition) is 3. The number of anilines is 1. The molecule has 0 aliphatic heterocycles. The van der Waals surface area contributed by atoms with Crippen LogP contribution in [-0.2, 0) is 23.9 Å². The predicted molar refractivity (Wildman–Crippen MR) is 192 cm³/mol. The van der Waals surface area contributed by atoms with Crippen molar-refractivity contribution < 1.29 is 27.6 Å². The van der Waals surface area contributed by atoms with Crippen molar-refractivity contribution in [1.82, 2.24) is 15.2 Å². The Balaban J connectivity index is 1.26. The summed E-state index contributed by atoms with van der Waals surface area (Å²) in [6.45, 7) is 2.67. The van der Waals surface area contributed by atoms with Gasteiger partial charge in [0.15, 0.2) is 0 Å². The Morgan fingerprint density at radius 3 is 2.08 bits per heavy atom. The molecule has 5 aromatic carbocycles. The lowest BCUT2D eigenvalue weighted by molar-refractivity contribution is -0.137. The number of alkyl halides is 3. The Kier molecular flexibility index (Phi) is 10.3. The molecule has 0 saturated heterocycles. The molecule has 0 bridgehead atoms. The lowest BCUT2D eigenvalue weighted by Crippen LogP contribution is -2.41. The molecule has 0 radical (unpaired) electrons. The summed E-state index contributed by atoms with van der Waals surface area (Å²) in [7, 11) is 0. The molecule has 3 amide bonds. The van der Waals surface area contributed by atoms with Crippen LogP contribution in [0.2, 0.25) is 0 Å². The van der Waals surface area contributed by atoms with E-state index in [1.54, 1.807) is 83.4 Å². The molecule has 3 N–H and O–H groups in total. The second-order valence-corrected chi connectivity index (χ2v) is 11.9. The van der Waals surface area contributed by atoms with Gasteiger partial charge in [0.25, 0.3) is 11.8 Å². The van der Waals surface area contributed by atoms with E-state index in [9.17, 15) is 27.6 Å². The number of carbonyl (C=O) groups is 3. The summed E-state index contributed by atoms with van der Waals surface area (Å²) in [4.78, 5) is 40.9. The predicted octanol–water partition coefficient (Wildman–Crippen LogP) is 8.43. The maximum atomic E-state index is 14.1. The van der Waals surface area contributed by atoms with Crippen molar-refractivity contribution >= 4 is 34.3 Å². The second-order valence-electron chi connectivity index (χ2n) is 11.9. The number of aromatic nitrogens is 1. The third kappa shape index (κ3) is 7.86. The molecule has 6 aromatic rings. The highest BCUT2D eigenvalue weighted by Gasteiger charge is 2.36. The van der Waals surface area contributed by atoms with Gasteiger partial charge in [0.1, 0.15) is 11.7 Å². The van der Waals surface area contributed by atoms with Gasteiger partial charge in [-0.2, -0.15) is 13.2 Å². The number of amides is 3. The first-order valence-electron chi connectivity index (χ1n) is 16.5. The normalized spacial score (nSPS) is 11.9. The lowest BCUT2D eigenvalue weighted by Gasteiger charge is -2.19. The van der Waals surface area contributed by atoms with Crippen molar-refractivity contribution in [2.24, 2.45) is 0 Å². The van der Waals surface area contributed by atoms with Crippen molar-refractivity contribution in [3.8, 4) is 11.1 Å². The van der Waals surface area contributed by atoms with Gasteiger partial charge in [-0.05, 0) is 65.9 Å². The molecule has 7 nitrogen and oxygen atoms in total. The minimum atomic E-state index is -4.77. The summed E-state index contributed by atoms with van der Waals surface area (Å²) in [5.41, 5.74) is 1.97. The fourth-order valence-corrected chi connectivity index (χ4v) is 6.19. The topological polar surface area (TPSA) is 92.2 Å². The highest BCUT2D eigenvalue weighted by atomic mass is 19.4. The summed E-state index contributed by atoms with van der Waals surface area (Å²) in [6.07, 6.45) is -4.14. The van der Waals surface area contributed by atoms with Crippen molar-refractivity contribution in [3.63, 3.8) is 0 Å². The average Bonchev–Trinajstić information content (AvgIpc) is 3.52. The number of halogens is 3. The Morgan fingerprint density at radius 2 is 1.41 bits per heavy atom. The Hall–Kier alpha value is -6.16. The van der Waals surface area contributed by atoms with E-state index in [-0.39, 0.29) is 22.9 Å². The fraction of sp³-hybridized carbons (Fsp3) is 0.146. The van der Waals surface area contributed by atoms with E-state index in [2.05, 4.69) is 16.0 Å². The summed E-state index contributed by atoms with van der Waals surface area (Å²) in [5, 5.41) is 9.06. The van der Waals surface area contributed by atoms with Gasteiger partial charge in [0.2, 0.25) is 5.91 Å². The van der Waals surface area contributed by atoms with E-state index in [4.69, 9.17) is 0 Å². The molecule has 0 aliphatic carbocycles. The molecule has 258 valence electrons. The van der Waals surface area contributed by atoms with Crippen molar-refractivity contribution in [3.05, 3.63) is 161 Å². The van der Waals surface area contributed by atoms with Gasteiger partial charge in [-0.3, -0.25) is 14.4 Å². The van der Waals surface area contributed by atoms with E-state index in [1.165, 1.54) is 12.1 Å². The van der Waals surface area contributed by atoms with E-state index in [0.29, 0.717) is 41.5 Å². The number of carbonyl (C=O) groups excluding carboxylic acids is 3. The Bertz CT molecular complexity index is 2170. The van der Waals surface area contributed by atoms with Gasteiger partial charge in [-0.15, -0.1) is 0 Å². The van der Waals surface area contributed by atoms with E-state index in [0.717, 1.165) is 11.6 Å². The molecule has 1 atom stereocenters. The van der Waals surface area contributed by atoms with E-state index < -0.39 is 35.2 Å². The van der Waals surface area contributed by atoms with Crippen LogP contribution in [0.15, 0.2) is 133 Å². The molecular formula is C41H35F3N4O3. The molecule has 0 spiro atoms. The summed E-state index contributed by atoms with van der Waals surface area (Å²) in [5.74, 6) is -1.76. The first kappa shape index (κ1) is 34.7. The highest BCUT2D eigenvalue weighted by Crippen LogP contribution is 2.37. The number of benzene rings is 5. The number of fused-ring (bicyclic) bond motifs is 1. The zero-order chi connectivity index (χ0) is 36.0. The number of aryl methyl sites for hydroxylation is 1. The molecule has 0 aliphatic rings. The number of nitrogens with one attached hydrogen (secondary N) is 3. The van der Waals surface area contributed by atoms with Gasteiger partial charge in [0, 0.05) is 29.7 Å². The van der Waals surface area contributed by atoms with Crippen molar-refractivity contribution in [2.75, 3.05) is 11.9 Å². The van der Waals surface area contributed by atoms with Crippen LogP contribution in [0.4, 0.5) is 18.9 Å².